The lowest BCUT2D eigenvalue weighted by Gasteiger charge is -2.14. The molecule has 2 rings (SSSR count). The Balaban J connectivity index is 1.90. The van der Waals surface area contributed by atoms with Gasteiger partial charge in [0.2, 0.25) is 0 Å². The number of benzene rings is 1. The Morgan fingerprint density at radius 2 is 2.09 bits per heavy atom. The number of nitrogens with zero attached hydrogens (tertiary/aromatic N) is 2. The SMILES string of the molecule is CC[C@H](CO)NC(=O)c1cc(CN(C)Cc2ccccc2)on1. The van der Waals surface area contributed by atoms with Crippen molar-refractivity contribution in [3.05, 3.63) is 53.4 Å². The van der Waals surface area contributed by atoms with Gasteiger partial charge < -0.3 is 14.9 Å². The number of rotatable bonds is 8. The van der Waals surface area contributed by atoms with Crippen molar-refractivity contribution in [1.82, 2.24) is 15.4 Å². The van der Waals surface area contributed by atoms with E-state index < -0.39 is 0 Å². The first kappa shape index (κ1) is 17.2. The highest BCUT2D eigenvalue weighted by Crippen LogP contribution is 2.10. The highest BCUT2D eigenvalue weighted by Gasteiger charge is 2.16. The topological polar surface area (TPSA) is 78.6 Å². The maximum Gasteiger partial charge on any atom is 0.273 e. The summed E-state index contributed by atoms with van der Waals surface area (Å²) >= 11 is 0. The Kier molecular flexibility index (Phi) is 6.31. The van der Waals surface area contributed by atoms with Crippen LogP contribution in [-0.2, 0) is 13.1 Å². The number of carbonyl (C=O) groups excluding carboxylic acids is 1. The quantitative estimate of drug-likeness (QED) is 0.776. The number of nitrogens with one attached hydrogen (secondary N) is 1. The van der Waals surface area contributed by atoms with Crippen molar-refractivity contribution in [2.24, 2.45) is 0 Å². The van der Waals surface area contributed by atoms with E-state index in [0.717, 1.165) is 6.54 Å². The third-order valence-electron chi connectivity index (χ3n) is 3.56. The first-order valence-corrected chi connectivity index (χ1v) is 7.72. The first-order valence-electron chi connectivity index (χ1n) is 7.72. The number of hydrogen-bond donors (Lipinski definition) is 2. The molecule has 2 aromatic rings. The van der Waals surface area contributed by atoms with Crippen LogP contribution >= 0.6 is 0 Å². The summed E-state index contributed by atoms with van der Waals surface area (Å²) in [7, 11) is 1.98. The van der Waals surface area contributed by atoms with E-state index in [1.165, 1.54) is 5.56 Å². The number of aromatic nitrogens is 1. The summed E-state index contributed by atoms with van der Waals surface area (Å²) in [4.78, 5) is 14.1. The van der Waals surface area contributed by atoms with Crippen molar-refractivity contribution >= 4 is 5.91 Å². The van der Waals surface area contributed by atoms with Gasteiger partial charge in [-0.2, -0.15) is 0 Å². The zero-order chi connectivity index (χ0) is 16.7. The van der Waals surface area contributed by atoms with E-state index in [1.54, 1.807) is 6.07 Å². The zero-order valence-electron chi connectivity index (χ0n) is 13.5. The monoisotopic (exact) mass is 317 g/mol. The van der Waals surface area contributed by atoms with Crippen LogP contribution in [0.3, 0.4) is 0 Å². The molecule has 0 saturated carbocycles. The third-order valence-corrected chi connectivity index (χ3v) is 3.56. The normalized spacial score (nSPS) is 12.3. The Morgan fingerprint density at radius 1 is 1.35 bits per heavy atom. The zero-order valence-corrected chi connectivity index (χ0v) is 13.5. The Bertz CT molecular complexity index is 609. The van der Waals surface area contributed by atoms with Gasteiger partial charge in [0.1, 0.15) is 0 Å². The van der Waals surface area contributed by atoms with Crippen LogP contribution in [0, 0.1) is 0 Å². The van der Waals surface area contributed by atoms with Gasteiger partial charge in [-0.05, 0) is 19.0 Å². The summed E-state index contributed by atoms with van der Waals surface area (Å²) in [6.45, 7) is 3.15. The van der Waals surface area contributed by atoms with Gasteiger partial charge in [0.05, 0.1) is 19.2 Å². The van der Waals surface area contributed by atoms with Crippen LogP contribution in [0.1, 0.15) is 35.2 Å². The molecular weight excluding hydrogens is 294 g/mol. The Hall–Kier alpha value is -2.18. The van der Waals surface area contributed by atoms with Gasteiger partial charge in [-0.15, -0.1) is 0 Å². The van der Waals surface area contributed by atoms with Crippen molar-refractivity contribution in [2.75, 3.05) is 13.7 Å². The smallest absolute Gasteiger partial charge is 0.273 e. The fourth-order valence-electron chi connectivity index (χ4n) is 2.25. The van der Waals surface area contributed by atoms with Crippen molar-refractivity contribution in [1.29, 1.82) is 0 Å². The van der Waals surface area contributed by atoms with E-state index >= 15 is 0 Å². The molecule has 0 aliphatic rings. The predicted molar refractivity (Wildman–Crippen MR) is 86.7 cm³/mol. The minimum atomic E-state index is -0.327. The number of hydrogen-bond acceptors (Lipinski definition) is 5. The molecule has 6 heteroatoms. The molecule has 0 aliphatic heterocycles. The van der Waals surface area contributed by atoms with E-state index in [-0.39, 0.29) is 24.2 Å². The van der Waals surface area contributed by atoms with Crippen molar-refractivity contribution in [2.45, 2.75) is 32.5 Å². The minimum Gasteiger partial charge on any atom is -0.394 e. The number of carbonyl (C=O) groups is 1. The van der Waals surface area contributed by atoms with E-state index in [1.807, 2.05) is 32.2 Å². The van der Waals surface area contributed by atoms with Crippen LogP contribution in [0.2, 0.25) is 0 Å². The number of aliphatic hydroxyl groups is 1. The number of amides is 1. The average Bonchev–Trinajstić information content (AvgIpc) is 3.01. The van der Waals surface area contributed by atoms with Crippen LogP contribution in [0.25, 0.3) is 0 Å². The molecule has 0 saturated heterocycles. The molecule has 0 aliphatic carbocycles. The Morgan fingerprint density at radius 3 is 2.74 bits per heavy atom. The highest BCUT2D eigenvalue weighted by atomic mass is 16.5. The summed E-state index contributed by atoms with van der Waals surface area (Å²) < 4.78 is 5.23. The van der Waals surface area contributed by atoms with E-state index in [0.29, 0.717) is 18.7 Å². The molecule has 1 amide bonds. The molecule has 23 heavy (non-hydrogen) atoms. The second kappa shape index (κ2) is 8.45. The molecule has 0 unspecified atom stereocenters. The molecule has 6 nitrogen and oxygen atoms in total. The van der Waals surface area contributed by atoms with Gasteiger partial charge >= 0.3 is 0 Å². The average molecular weight is 317 g/mol. The second-order valence-corrected chi connectivity index (χ2v) is 5.60. The van der Waals surface area contributed by atoms with Gasteiger partial charge in [0, 0.05) is 12.6 Å². The van der Waals surface area contributed by atoms with Crippen LogP contribution < -0.4 is 5.32 Å². The van der Waals surface area contributed by atoms with Gasteiger partial charge in [-0.1, -0.05) is 42.4 Å². The molecule has 1 aromatic heterocycles. The summed E-state index contributed by atoms with van der Waals surface area (Å²) in [5, 5.41) is 15.6. The maximum atomic E-state index is 12.0. The summed E-state index contributed by atoms with van der Waals surface area (Å²) in [6.07, 6.45) is 0.659. The van der Waals surface area contributed by atoms with Crippen LogP contribution in [0.15, 0.2) is 40.9 Å². The molecule has 1 heterocycles. The lowest BCUT2D eigenvalue weighted by Crippen LogP contribution is -2.37. The molecule has 0 fully saturated rings. The first-order chi connectivity index (χ1) is 11.1. The molecule has 0 spiro atoms. The Labute approximate surface area is 136 Å². The molecule has 1 atom stereocenters. The molecule has 1 aromatic carbocycles. The van der Waals surface area contributed by atoms with Gasteiger partial charge in [-0.3, -0.25) is 9.69 Å². The standard InChI is InChI=1S/C17H23N3O3/c1-3-14(12-21)18-17(22)16-9-15(23-19-16)11-20(2)10-13-7-5-4-6-8-13/h4-9,14,21H,3,10-12H2,1-2H3,(H,18,22)/t14-/m1/s1. The molecule has 0 bridgehead atoms. The lowest BCUT2D eigenvalue weighted by atomic mass is 10.2. The van der Waals surface area contributed by atoms with Gasteiger partial charge in [-0.25, -0.2) is 0 Å². The summed E-state index contributed by atoms with van der Waals surface area (Å²) in [6, 6.07) is 11.5. The van der Waals surface area contributed by atoms with E-state index in [9.17, 15) is 4.79 Å². The molecular formula is C17H23N3O3. The fraction of sp³-hybridized carbons (Fsp3) is 0.412. The fourth-order valence-corrected chi connectivity index (χ4v) is 2.25. The highest BCUT2D eigenvalue weighted by molar-refractivity contribution is 5.92. The van der Waals surface area contributed by atoms with Gasteiger partial charge in [0.15, 0.2) is 11.5 Å². The van der Waals surface area contributed by atoms with Crippen LogP contribution in [0.4, 0.5) is 0 Å². The van der Waals surface area contributed by atoms with Gasteiger partial charge in [0.25, 0.3) is 5.91 Å². The number of aliphatic hydroxyl groups excluding tert-OH is 1. The van der Waals surface area contributed by atoms with Crippen molar-refractivity contribution in [3.8, 4) is 0 Å². The summed E-state index contributed by atoms with van der Waals surface area (Å²) in [5.41, 5.74) is 1.45. The van der Waals surface area contributed by atoms with Crippen molar-refractivity contribution < 1.29 is 14.4 Å². The van der Waals surface area contributed by atoms with Crippen molar-refractivity contribution in [3.63, 3.8) is 0 Å². The second-order valence-electron chi connectivity index (χ2n) is 5.60. The van der Waals surface area contributed by atoms with E-state index in [2.05, 4.69) is 27.5 Å². The third kappa shape index (κ3) is 5.19. The van der Waals surface area contributed by atoms with Crippen LogP contribution in [-0.4, -0.2) is 40.8 Å². The summed E-state index contributed by atoms with van der Waals surface area (Å²) in [5.74, 6) is 0.303. The molecule has 124 valence electrons. The lowest BCUT2D eigenvalue weighted by molar-refractivity contribution is 0.0905. The largest absolute Gasteiger partial charge is 0.394 e. The van der Waals surface area contributed by atoms with Crippen LogP contribution in [0.5, 0.6) is 0 Å². The van der Waals surface area contributed by atoms with E-state index in [4.69, 9.17) is 9.63 Å². The maximum absolute atomic E-state index is 12.0. The predicted octanol–water partition coefficient (Wildman–Crippen LogP) is 1.81. The minimum absolute atomic E-state index is 0.0905. The molecule has 0 radical (unpaired) electrons. The molecule has 2 N–H and O–H groups in total.